The summed E-state index contributed by atoms with van der Waals surface area (Å²) in [5, 5.41) is 11.1. The average Bonchev–Trinajstić information content (AvgIpc) is 4.05. The van der Waals surface area contributed by atoms with Crippen LogP contribution in [0.3, 0.4) is 0 Å². The van der Waals surface area contributed by atoms with Crippen LogP contribution in [0, 0.1) is 35.1 Å². The first-order valence-corrected chi connectivity index (χ1v) is 21.1. The molecule has 2 fully saturated rings. The summed E-state index contributed by atoms with van der Waals surface area (Å²) in [5.74, 6) is -9.33. The van der Waals surface area contributed by atoms with Crippen LogP contribution in [0.15, 0.2) is 48.5 Å². The second-order valence-electron chi connectivity index (χ2n) is 16.8. The van der Waals surface area contributed by atoms with Gasteiger partial charge >= 0.3 is 12.2 Å². The number of hydrogen-bond donors (Lipinski definition) is 4. The molecule has 4 aromatic rings. The Bertz CT molecular complexity index is 2540. The van der Waals surface area contributed by atoms with E-state index in [1.54, 1.807) is 52.0 Å². The van der Waals surface area contributed by atoms with Crippen LogP contribution in [0.25, 0.3) is 22.2 Å². The van der Waals surface area contributed by atoms with Crippen molar-refractivity contribution in [2.45, 2.75) is 83.8 Å². The van der Waals surface area contributed by atoms with Crippen molar-refractivity contribution in [3.63, 3.8) is 0 Å². The van der Waals surface area contributed by atoms with E-state index in [0.717, 1.165) is 0 Å². The van der Waals surface area contributed by atoms with Crippen molar-refractivity contribution in [3.8, 4) is 17.0 Å². The molecule has 3 aliphatic rings. The van der Waals surface area contributed by atoms with Gasteiger partial charge in [0.1, 0.15) is 29.9 Å². The molecular weight excluding hydrogens is 859 g/mol. The minimum atomic E-state index is -1.82. The lowest BCUT2D eigenvalue weighted by molar-refractivity contribution is -0.139. The van der Waals surface area contributed by atoms with Crippen LogP contribution in [0.5, 0.6) is 5.75 Å². The van der Waals surface area contributed by atoms with Crippen LogP contribution >= 0.6 is 0 Å². The summed E-state index contributed by atoms with van der Waals surface area (Å²) in [6.45, 7) is 7.52. The SMILES string of the molecule is COC(=O)NC(C(=O)N1CCCC1C(=O)Nc1ccc2c(c1)cc1n2C(c2c(F)c(F)cc(F)c2F)Oc2cc(NC(=O)[C@@H]3CCCN3C(=O)[C@@H](NC(=O)OC)C(C)C)ccc2-1)C(C)C. The van der Waals surface area contributed by atoms with Gasteiger partial charge in [-0.1, -0.05) is 27.7 Å². The first-order chi connectivity index (χ1) is 30.9. The van der Waals surface area contributed by atoms with E-state index in [1.807, 2.05) is 0 Å². The lowest BCUT2D eigenvalue weighted by atomic mass is 10.0. The van der Waals surface area contributed by atoms with E-state index in [4.69, 9.17) is 4.74 Å². The highest BCUT2D eigenvalue weighted by molar-refractivity contribution is 6.02. The third-order valence-electron chi connectivity index (χ3n) is 12.0. The monoisotopic (exact) mass is 907 g/mol. The third kappa shape index (κ3) is 8.97. The molecule has 7 rings (SSSR count). The van der Waals surface area contributed by atoms with E-state index in [-0.39, 0.29) is 42.4 Å². The maximum atomic E-state index is 15.6. The molecule has 2 saturated heterocycles. The van der Waals surface area contributed by atoms with Gasteiger partial charge in [0.05, 0.1) is 31.0 Å². The zero-order valence-corrected chi connectivity index (χ0v) is 36.4. The van der Waals surface area contributed by atoms with Crippen LogP contribution in [-0.4, -0.2) is 102 Å². The molecule has 346 valence electrons. The van der Waals surface area contributed by atoms with E-state index < -0.39 is 95.0 Å². The van der Waals surface area contributed by atoms with Gasteiger partial charge in [0, 0.05) is 47.5 Å². The maximum absolute atomic E-state index is 15.6. The molecule has 16 nitrogen and oxygen atoms in total. The lowest BCUT2D eigenvalue weighted by Gasteiger charge is -2.31. The number of amides is 6. The van der Waals surface area contributed by atoms with Crippen molar-refractivity contribution in [1.82, 2.24) is 25.0 Å². The quantitative estimate of drug-likeness (QED) is 0.0972. The number of benzene rings is 3. The standard InChI is InChI=1S/C45H49F4N7O9/c1-21(2)37(52-44(61)63-5)41(59)54-15-7-9-30(54)39(57)50-24-12-14-29-23(17-24)18-32-26-13-11-25(19-33(26)65-43(56(29)32)34-35(48)27(46)20-28(47)36(34)49)51-40(58)31-10-8-16-55(31)42(60)38(22(3)4)53-45(62)64-6/h11-14,17-22,30-31,37-38,43H,7-10,15-16H2,1-6H3,(H,50,57)(H,51,58)(H,52,61)(H,53,62)/t30?,31-,37?,38-,43?/m0/s1. The number of fused-ring (bicyclic) bond motifs is 5. The third-order valence-corrected chi connectivity index (χ3v) is 12.0. The van der Waals surface area contributed by atoms with Crippen LogP contribution < -0.4 is 26.0 Å². The Morgan fingerprint density at radius 2 is 1.17 bits per heavy atom. The van der Waals surface area contributed by atoms with Gasteiger partial charge in [-0.05, 0) is 73.9 Å². The van der Waals surface area contributed by atoms with E-state index >= 15 is 8.78 Å². The van der Waals surface area contributed by atoms with Crippen molar-refractivity contribution in [3.05, 3.63) is 77.4 Å². The summed E-state index contributed by atoms with van der Waals surface area (Å²) in [6, 6.07) is 7.16. The minimum Gasteiger partial charge on any atom is -0.465 e. The number of ether oxygens (including phenoxy) is 3. The van der Waals surface area contributed by atoms with Crippen LogP contribution in [0.4, 0.5) is 38.5 Å². The number of aromatic nitrogens is 1. The Labute approximate surface area is 370 Å². The molecule has 4 N–H and O–H groups in total. The second-order valence-corrected chi connectivity index (χ2v) is 16.8. The van der Waals surface area contributed by atoms with Gasteiger partial charge in [-0.15, -0.1) is 0 Å². The fraction of sp³-hybridized carbons (Fsp3) is 0.422. The molecule has 65 heavy (non-hydrogen) atoms. The topological polar surface area (TPSA) is 190 Å². The minimum absolute atomic E-state index is 0.0195. The number of hydrogen-bond acceptors (Lipinski definition) is 9. The highest BCUT2D eigenvalue weighted by Crippen LogP contribution is 2.47. The molecule has 0 saturated carbocycles. The van der Waals surface area contributed by atoms with Gasteiger partial charge in [-0.3, -0.25) is 19.2 Å². The van der Waals surface area contributed by atoms with Gasteiger partial charge in [0.2, 0.25) is 29.9 Å². The zero-order valence-electron chi connectivity index (χ0n) is 36.4. The molecule has 0 bridgehead atoms. The molecule has 20 heteroatoms. The molecular formula is C45H49F4N7O9. The van der Waals surface area contributed by atoms with Gasteiger partial charge in [0.25, 0.3) is 0 Å². The highest BCUT2D eigenvalue weighted by atomic mass is 19.2. The van der Waals surface area contributed by atoms with Crippen LogP contribution in [0.2, 0.25) is 0 Å². The highest BCUT2D eigenvalue weighted by Gasteiger charge is 2.41. The number of methoxy groups -OCH3 is 2. The molecule has 0 radical (unpaired) electrons. The van der Waals surface area contributed by atoms with Gasteiger partial charge in [-0.25, -0.2) is 27.2 Å². The van der Waals surface area contributed by atoms with Crippen LogP contribution in [-0.2, 0) is 28.7 Å². The largest absolute Gasteiger partial charge is 0.465 e. The van der Waals surface area contributed by atoms with Crippen molar-refractivity contribution in [2.24, 2.45) is 11.8 Å². The molecule has 3 aromatic carbocycles. The summed E-state index contributed by atoms with van der Waals surface area (Å²) in [4.78, 5) is 81.5. The van der Waals surface area contributed by atoms with Gasteiger partial charge in [0.15, 0.2) is 23.3 Å². The average molecular weight is 908 g/mol. The number of alkyl carbamates (subject to hydrolysis) is 2. The summed E-state index contributed by atoms with van der Waals surface area (Å²) in [6.07, 6.45) is -1.70. The predicted molar refractivity (Wildman–Crippen MR) is 227 cm³/mol. The molecule has 0 spiro atoms. The number of halogens is 4. The number of anilines is 2. The first-order valence-electron chi connectivity index (χ1n) is 21.1. The molecule has 3 aliphatic heterocycles. The maximum Gasteiger partial charge on any atom is 0.407 e. The Kier molecular flexibility index (Phi) is 13.3. The summed E-state index contributed by atoms with van der Waals surface area (Å²) >= 11 is 0. The number of nitrogens with zero attached hydrogens (tertiary/aromatic N) is 3. The zero-order chi connectivity index (χ0) is 47.0. The molecule has 0 aliphatic carbocycles. The molecule has 1 aromatic heterocycles. The van der Waals surface area contributed by atoms with Crippen LogP contribution in [0.1, 0.15) is 65.2 Å². The number of carbonyl (C=O) groups is 6. The fourth-order valence-corrected chi connectivity index (χ4v) is 8.67. The summed E-state index contributed by atoms with van der Waals surface area (Å²) in [7, 11) is 2.35. The summed E-state index contributed by atoms with van der Waals surface area (Å²) < 4.78 is 77.8. The molecule has 6 amide bonds. The van der Waals surface area contributed by atoms with Crippen molar-refractivity contribution in [1.29, 1.82) is 0 Å². The van der Waals surface area contributed by atoms with E-state index in [2.05, 4.69) is 30.7 Å². The smallest absolute Gasteiger partial charge is 0.407 e. The fourth-order valence-electron chi connectivity index (χ4n) is 8.67. The van der Waals surface area contributed by atoms with Gasteiger partial charge < -0.3 is 49.8 Å². The number of carbonyl (C=O) groups excluding carboxylic acids is 6. The molecule has 4 heterocycles. The van der Waals surface area contributed by atoms with Gasteiger partial charge in [-0.2, -0.15) is 0 Å². The first kappa shape index (κ1) is 46.1. The number of likely N-dealkylation sites (tertiary alicyclic amines) is 2. The Hall–Kier alpha value is -6.86. The Morgan fingerprint density at radius 3 is 1.66 bits per heavy atom. The summed E-state index contributed by atoms with van der Waals surface area (Å²) in [5.41, 5.74) is 0.362. The predicted octanol–water partition coefficient (Wildman–Crippen LogP) is 6.42. The van der Waals surface area contributed by atoms with E-state index in [9.17, 15) is 37.5 Å². The van der Waals surface area contributed by atoms with E-state index in [0.29, 0.717) is 53.5 Å². The van der Waals surface area contributed by atoms with Crippen molar-refractivity contribution >= 4 is 58.1 Å². The number of nitrogens with one attached hydrogen (secondary N) is 4. The van der Waals surface area contributed by atoms with Crippen molar-refractivity contribution in [2.75, 3.05) is 37.9 Å². The second kappa shape index (κ2) is 18.7. The lowest BCUT2D eigenvalue weighted by Crippen LogP contribution is -2.54. The van der Waals surface area contributed by atoms with E-state index in [1.165, 1.54) is 46.8 Å². The van der Waals surface area contributed by atoms with Crippen molar-refractivity contribution < 1.29 is 60.5 Å². The number of rotatable bonds is 11. The molecule has 3 unspecified atom stereocenters. The Balaban J connectivity index is 1.19. The normalized spacial score (nSPS) is 18.7. The molecule has 5 atom stereocenters. The Morgan fingerprint density at radius 1 is 0.677 bits per heavy atom.